The average molecular weight is 307 g/mol. The number of aromatic nitrogens is 1. The average Bonchev–Trinajstić information content (AvgIpc) is 2.38. The van der Waals surface area contributed by atoms with E-state index in [1.54, 1.807) is 0 Å². The molecule has 1 heterocycles. The van der Waals surface area contributed by atoms with Crippen LogP contribution in [0.2, 0.25) is 0 Å². The maximum Gasteiger partial charge on any atom is 0.130 e. The van der Waals surface area contributed by atoms with Gasteiger partial charge in [-0.1, -0.05) is 28.1 Å². The Hall–Kier alpha value is -1.39. The monoisotopic (exact) mass is 306 g/mol. The van der Waals surface area contributed by atoms with Gasteiger partial charge in [-0.25, -0.2) is 0 Å². The van der Waals surface area contributed by atoms with Crippen molar-refractivity contribution in [2.75, 3.05) is 7.05 Å². The lowest BCUT2D eigenvalue weighted by Crippen LogP contribution is -2.06. The van der Waals surface area contributed by atoms with Crippen LogP contribution >= 0.6 is 15.9 Å². The van der Waals surface area contributed by atoms with Crippen LogP contribution in [0.15, 0.2) is 47.1 Å². The van der Waals surface area contributed by atoms with Gasteiger partial charge in [0.15, 0.2) is 0 Å². The Labute approximate surface area is 115 Å². The second-order valence-electron chi connectivity index (χ2n) is 3.93. The predicted molar refractivity (Wildman–Crippen MR) is 75.5 cm³/mol. The molecule has 0 amide bonds. The zero-order valence-corrected chi connectivity index (χ0v) is 11.8. The molecule has 0 aliphatic rings. The van der Waals surface area contributed by atoms with E-state index in [1.807, 2.05) is 43.6 Å². The van der Waals surface area contributed by atoms with Gasteiger partial charge in [-0.3, -0.25) is 4.98 Å². The minimum Gasteiger partial charge on any atom is -0.487 e. The maximum atomic E-state index is 5.66. The van der Waals surface area contributed by atoms with Crippen molar-refractivity contribution in [3.8, 4) is 5.75 Å². The third kappa shape index (κ3) is 3.82. The highest BCUT2D eigenvalue weighted by molar-refractivity contribution is 9.10. The fourth-order valence-electron chi connectivity index (χ4n) is 1.56. The Balaban J connectivity index is 1.93. The molecule has 0 saturated carbocycles. The summed E-state index contributed by atoms with van der Waals surface area (Å²) < 4.78 is 6.68. The number of nitrogens with one attached hydrogen (secondary N) is 1. The third-order valence-corrected chi connectivity index (χ3v) is 2.94. The Bertz CT molecular complexity index is 499. The summed E-state index contributed by atoms with van der Waals surface area (Å²) in [5, 5.41) is 3.09. The van der Waals surface area contributed by atoms with Gasteiger partial charge in [0.05, 0.1) is 5.69 Å². The summed E-state index contributed by atoms with van der Waals surface area (Å²) in [6, 6.07) is 11.8. The number of rotatable bonds is 5. The quantitative estimate of drug-likeness (QED) is 0.921. The third-order valence-electron chi connectivity index (χ3n) is 2.45. The molecule has 0 unspecified atom stereocenters. The molecule has 1 aromatic carbocycles. The number of hydrogen-bond acceptors (Lipinski definition) is 3. The van der Waals surface area contributed by atoms with Crippen molar-refractivity contribution in [1.29, 1.82) is 0 Å². The molecule has 1 N–H and O–H groups in total. The molecule has 0 aliphatic carbocycles. The van der Waals surface area contributed by atoms with E-state index in [-0.39, 0.29) is 0 Å². The zero-order valence-electron chi connectivity index (χ0n) is 10.2. The topological polar surface area (TPSA) is 34.1 Å². The number of hydrogen-bond donors (Lipinski definition) is 1. The second kappa shape index (κ2) is 6.52. The van der Waals surface area contributed by atoms with Gasteiger partial charge < -0.3 is 10.1 Å². The van der Waals surface area contributed by atoms with Gasteiger partial charge in [-0.15, -0.1) is 0 Å². The summed E-state index contributed by atoms with van der Waals surface area (Å²) in [6.45, 7) is 1.32. The number of pyridine rings is 1. The van der Waals surface area contributed by atoms with Crippen LogP contribution in [0.4, 0.5) is 0 Å². The van der Waals surface area contributed by atoms with Gasteiger partial charge in [0.25, 0.3) is 0 Å². The van der Waals surface area contributed by atoms with Gasteiger partial charge in [0, 0.05) is 17.2 Å². The van der Waals surface area contributed by atoms with Crippen LogP contribution in [0, 0.1) is 0 Å². The molecule has 0 saturated heterocycles. The van der Waals surface area contributed by atoms with Crippen molar-refractivity contribution in [1.82, 2.24) is 10.3 Å². The molecule has 1 aromatic heterocycles. The van der Waals surface area contributed by atoms with Crippen molar-refractivity contribution < 1.29 is 4.74 Å². The molecule has 0 aliphatic heterocycles. The summed E-state index contributed by atoms with van der Waals surface area (Å²) in [5.41, 5.74) is 2.10. The molecule has 94 valence electrons. The molecule has 0 spiro atoms. The van der Waals surface area contributed by atoms with Gasteiger partial charge in [-0.05, 0) is 36.9 Å². The minimum atomic E-state index is 0.482. The fourth-order valence-corrected chi connectivity index (χ4v) is 1.94. The molecule has 0 bridgehead atoms. The van der Waals surface area contributed by atoms with E-state index in [0.29, 0.717) is 6.61 Å². The van der Waals surface area contributed by atoms with E-state index in [0.717, 1.165) is 22.5 Å². The van der Waals surface area contributed by atoms with Gasteiger partial charge >= 0.3 is 0 Å². The summed E-state index contributed by atoms with van der Waals surface area (Å²) in [5.74, 6) is 0.838. The normalized spacial score (nSPS) is 10.3. The Morgan fingerprint density at radius 3 is 2.83 bits per heavy atom. The number of nitrogens with zero attached hydrogens (tertiary/aromatic N) is 1. The highest BCUT2D eigenvalue weighted by atomic mass is 79.9. The summed E-state index contributed by atoms with van der Waals surface area (Å²) in [4.78, 5) is 4.36. The van der Waals surface area contributed by atoms with Crippen LogP contribution in [0.5, 0.6) is 5.75 Å². The zero-order chi connectivity index (χ0) is 12.8. The second-order valence-corrected chi connectivity index (χ2v) is 4.85. The van der Waals surface area contributed by atoms with Gasteiger partial charge in [0.1, 0.15) is 12.4 Å². The molecular weight excluding hydrogens is 292 g/mol. The number of ether oxygens (including phenoxy) is 1. The fraction of sp³-hybridized carbons (Fsp3) is 0.214. The lowest BCUT2D eigenvalue weighted by Gasteiger charge is -2.06. The highest BCUT2D eigenvalue weighted by Gasteiger charge is 1.98. The Morgan fingerprint density at radius 1 is 1.28 bits per heavy atom. The van der Waals surface area contributed by atoms with E-state index >= 15 is 0 Å². The van der Waals surface area contributed by atoms with E-state index in [1.165, 1.54) is 5.56 Å². The predicted octanol–water partition coefficient (Wildman–Crippen LogP) is 3.14. The van der Waals surface area contributed by atoms with E-state index in [4.69, 9.17) is 4.74 Å². The van der Waals surface area contributed by atoms with Crippen molar-refractivity contribution in [2.45, 2.75) is 13.2 Å². The van der Waals surface area contributed by atoms with Crippen molar-refractivity contribution in [2.24, 2.45) is 0 Å². The summed E-state index contributed by atoms with van der Waals surface area (Å²) in [7, 11) is 1.92. The minimum absolute atomic E-state index is 0.482. The van der Waals surface area contributed by atoms with Gasteiger partial charge in [0.2, 0.25) is 0 Å². The smallest absolute Gasteiger partial charge is 0.130 e. The van der Waals surface area contributed by atoms with Crippen LogP contribution < -0.4 is 10.1 Å². The van der Waals surface area contributed by atoms with Crippen molar-refractivity contribution in [3.63, 3.8) is 0 Å². The van der Waals surface area contributed by atoms with E-state index < -0.39 is 0 Å². The molecule has 0 radical (unpaired) electrons. The standard InChI is InChI=1S/C14H15BrN2O/c1-16-8-11-5-6-13(17-9-11)10-18-14-4-2-3-12(15)7-14/h2-7,9,16H,8,10H2,1H3. The SMILES string of the molecule is CNCc1ccc(COc2cccc(Br)c2)nc1. The first-order valence-electron chi connectivity index (χ1n) is 5.74. The van der Waals surface area contributed by atoms with Crippen LogP contribution in [0.1, 0.15) is 11.3 Å². The Morgan fingerprint density at radius 2 is 2.17 bits per heavy atom. The van der Waals surface area contributed by atoms with Crippen LogP contribution in [-0.2, 0) is 13.2 Å². The van der Waals surface area contributed by atoms with Crippen molar-refractivity contribution >= 4 is 15.9 Å². The van der Waals surface area contributed by atoms with Crippen LogP contribution in [0.25, 0.3) is 0 Å². The van der Waals surface area contributed by atoms with Crippen LogP contribution in [0.3, 0.4) is 0 Å². The number of halogens is 1. The molecular formula is C14H15BrN2O. The maximum absolute atomic E-state index is 5.66. The summed E-state index contributed by atoms with van der Waals surface area (Å²) in [6.07, 6.45) is 1.87. The first-order chi connectivity index (χ1) is 8.78. The first-order valence-corrected chi connectivity index (χ1v) is 6.54. The molecule has 18 heavy (non-hydrogen) atoms. The highest BCUT2D eigenvalue weighted by Crippen LogP contribution is 2.18. The van der Waals surface area contributed by atoms with Gasteiger partial charge in [-0.2, -0.15) is 0 Å². The summed E-state index contributed by atoms with van der Waals surface area (Å²) >= 11 is 3.41. The van der Waals surface area contributed by atoms with Crippen molar-refractivity contribution in [3.05, 3.63) is 58.3 Å². The molecule has 3 nitrogen and oxygen atoms in total. The molecule has 0 atom stereocenters. The van der Waals surface area contributed by atoms with Crippen LogP contribution in [-0.4, -0.2) is 12.0 Å². The van der Waals surface area contributed by atoms with E-state index in [2.05, 4.69) is 32.3 Å². The Kier molecular flexibility index (Phi) is 4.73. The molecule has 0 fully saturated rings. The first kappa shape index (κ1) is 13.1. The molecule has 4 heteroatoms. The lowest BCUT2D eigenvalue weighted by molar-refractivity contribution is 0.301. The van der Waals surface area contributed by atoms with E-state index in [9.17, 15) is 0 Å². The molecule has 2 rings (SSSR count). The number of benzene rings is 1. The lowest BCUT2D eigenvalue weighted by atomic mass is 10.2. The molecule has 2 aromatic rings. The largest absolute Gasteiger partial charge is 0.487 e.